The Balaban J connectivity index is 2.16. The Bertz CT molecular complexity index is 671. The number of nitrogens with two attached hydrogens (primary N) is 1. The summed E-state index contributed by atoms with van der Waals surface area (Å²) in [7, 11) is 0. The Morgan fingerprint density at radius 1 is 0.636 bits per heavy atom. The topological polar surface area (TPSA) is 46.2 Å². The second-order valence-corrected chi connectivity index (χ2v) is 5.41. The average molecular weight is 289 g/mol. The van der Waals surface area contributed by atoms with Crippen LogP contribution < -0.4 is 5.73 Å². The molecule has 3 aromatic rings. The minimum absolute atomic E-state index is 0.803. The van der Waals surface area contributed by atoms with E-state index in [1.54, 1.807) is 0 Å². The highest BCUT2D eigenvalue weighted by Gasteiger charge is 2.38. The lowest BCUT2D eigenvalue weighted by Crippen LogP contribution is -2.44. The zero-order chi connectivity index (χ0) is 15.4. The van der Waals surface area contributed by atoms with Crippen molar-refractivity contribution in [1.82, 2.24) is 0 Å². The van der Waals surface area contributed by atoms with Crippen LogP contribution in [0.15, 0.2) is 91.0 Å². The van der Waals surface area contributed by atoms with Crippen LogP contribution in [0, 0.1) is 0 Å². The van der Waals surface area contributed by atoms with Crippen LogP contribution in [0.1, 0.15) is 22.8 Å². The van der Waals surface area contributed by atoms with Crippen LogP contribution >= 0.6 is 0 Å². The molecule has 3 rings (SSSR count). The van der Waals surface area contributed by atoms with Gasteiger partial charge in [-0.1, -0.05) is 91.0 Å². The van der Waals surface area contributed by atoms with E-state index in [4.69, 9.17) is 5.73 Å². The number of benzene rings is 3. The Hall–Kier alpha value is -2.42. The molecule has 0 radical (unpaired) electrons. The molecular weight excluding hydrogens is 270 g/mol. The van der Waals surface area contributed by atoms with E-state index in [-0.39, 0.29) is 0 Å². The molecule has 22 heavy (non-hydrogen) atoms. The van der Waals surface area contributed by atoms with Gasteiger partial charge >= 0.3 is 0 Å². The Morgan fingerprint density at radius 2 is 1.00 bits per heavy atom. The summed E-state index contributed by atoms with van der Waals surface area (Å²) in [6.07, 6.45) is -0.835. The molecular formula is C20H19NO. The maximum Gasteiger partial charge on any atom is 0.105 e. The molecule has 0 aliphatic heterocycles. The molecule has 2 nitrogen and oxygen atoms in total. The highest BCUT2D eigenvalue weighted by Crippen LogP contribution is 2.38. The fraction of sp³-hybridized carbons (Fsp3) is 0.100. The van der Waals surface area contributed by atoms with E-state index in [1.165, 1.54) is 0 Å². The third kappa shape index (κ3) is 2.54. The fourth-order valence-electron chi connectivity index (χ4n) is 2.81. The maximum atomic E-state index is 11.0. The summed E-state index contributed by atoms with van der Waals surface area (Å²) in [6, 6.07) is 29.0. The molecule has 0 heterocycles. The van der Waals surface area contributed by atoms with E-state index >= 15 is 0 Å². The molecule has 0 aromatic heterocycles. The quantitative estimate of drug-likeness (QED) is 0.770. The van der Waals surface area contributed by atoms with Crippen LogP contribution in [0.5, 0.6) is 0 Å². The van der Waals surface area contributed by atoms with Crippen molar-refractivity contribution >= 4 is 0 Å². The van der Waals surface area contributed by atoms with Crippen molar-refractivity contribution in [2.75, 3.05) is 0 Å². The van der Waals surface area contributed by atoms with Crippen LogP contribution in [0.2, 0.25) is 0 Å². The SMILES string of the molecule is NC(c1ccccc1)(c1ccccc1)[C@H](O)c1ccccc1. The monoisotopic (exact) mass is 289 g/mol. The molecule has 1 atom stereocenters. The summed E-state index contributed by atoms with van der Waals surface area (Å²) in [6.45, 7) is 0. The first-order valence-corrected chi connectivity index (χ1v) is 7.36. The molecule has 0 saturated heterocycles. The van der Waals surface area contributed by atoms with Crippen LogP contribution in [-0.4, -0.2) is 5.11 Å². The molecule has 0 unspecified atom stereocenters. The number of rotatable bonds is 4. The van der Waals surface area contributed by atoms with Gasteiger partial charge in [-0.05, 0) is 16.7 Å². The first-order valence-electron chi connectivity index (χ1n) is 7.36. The summed E-state index contributed by atoms with van der Waals surface area (Å²) in [4.78, 5) is 0. The summed E-state index contributed by atoms with van der Waals surface area (Å²) in [5.74, 6) is 0. The van der Waals surface area contributed by atoms with Crippen LogP contribution in [0.25, 0.3) is 0 Å². The van der Waals surface area contributed by atoms with E-state index < -0.39 is 11.6 Å². The van der Waals surface area contributed by atoms with Gasteiger partial charge in [-0.25, -0.2) is 0 Å². The van der Waals surface area contributed by atoms with E-state index in [1.807, 2.05) is 91.0 Å². The molecule has 2 heteroatoms. The van der Waals surface area contributed by atoms with Gasteiger partial charge in [0.2, 0.25) is 0 Å². The predicted octanol–water partition coefficient (Wildman–Crippen LogP) is 3.62. The summed E-state index contributed by atoms with van der Waals surface area (Å²) >= 11 is 0. The molecule has 0 aliphatic rings. The number of hydrogen-bond donors (Lipinski definition) is 2. The van der Waals surface area contributed by atoms with Gasteiger partial charge in [-0.2, -0.15) is 0 Å². The van der Waals surface area contributed by atoms with Gasteiger partial charge in [0.05, 0.1) is 5.54 Å². The largest absolute Gasteiger partial charge is 0.386 e. The smallest absolute Gasteiger partial charge is 0.105 e. The molecule has 3 N–H and O–H groups in total. The third-order valence-electron chi connectivity index (χ3n) is 4.05. The van der Waals surface area contributed by atoms with Crippen molar-refractivity contribution in [2.45, 2.75) is 11.6 Å². The number of hydrogen-bond acceptors (Lipinski definition) is 2. The summed E-state index contributed by atoms with van der Waals surface area (Å²) in [5.41, 5.74) is 8.35. The number of aliphatic hydroxyl groups is 1. The van der Waals surface area contributed by atoms with Crippen LogP contribution in [0.4, 0.5) is 0 Å². The van der Waals surface area contributed by atoms with Gasteiger partial charge in [0.25, 0.3) is 0 Å². The minimum Gasteiger partial charge on any atom is -0.386 e. The van der Waals surface area contributed by atoms with Gasteiger partial charge in [0.15, 0.2) is 0 Å². The first-order chi connectivity index (χ1) is 10.7. The van der Waals surface area contributed by atoms with Crippen molar-refractivity contribution in [3.05, 3.63) is 108 Å². The van der Waals surface area contributed by atoms with E-state index in [2.05, 4.69) is 0 Å². The van der Waals surface area contributed by atoms with Gasteiger partial charge in [-0.3, -0.25) is 0 Å². The standard InChI is InChI=1S/C20H19NO/c21-20(17-12-6-2-7-13-17,18-14-8-3-9-15-18)19(22)16-10-4-1-5-11-16/h1-15,19,22H,21H2/t19-/m1/s1. The van der Waals surface area contributed by atoms with Gasteiger partial charge in [0, 0.05) is 0 Å². The average Bonchev–Trinajstić information content (AvgIpc) is 2.62. The molecule has 0 amide bonds. The molecule has 0 saturated carbocycles. The maximum absolute atomic E-state index is 11.0. The lowest BCUT2D eigenvalue weighted by atomic mass is 9.77. The Kier molecular flexibility index (Phi) is 4.05. The third-order valence-corrected chi connectivity index (χ3v) is 4.05. The van der Waals surface area contributed by atoms with Crippen molar-refractivity contribution in [3.8, 4) is 0 Å². The molecule has 0 aliphatic carbocycles. The van der Waals surface area contributed by atoms with E-state index in [9.17, 15) is 5.11 Å². The van der Waals surface area contributed by atoms with Gasteiger partial charge in [-0.15, -0.1) is 0 Å². The molecule has 0 fully saturated rings. The van der Waals surface area contributed by atoms with Crippen molar-refractivity contribution in [1.29, 1.82) is 0 Å². The van der Waals surface area contributed by atoms with Crippen LogP contribution in [-0.2, 0) is 5.54 Å². The normalized spacial score (nSPS) is 12.8. The molecule has 0 spiro atoms. The first kappa shape index (κ1) is 14.5. The second-order valence-electron chi connectivity index (χ2n) is 5.41. The van der Waals surface area contributed by atoms with Crippen LogP contribution in [0.3, 0.4) is 0 Å². The molecule has 0 bridgehead atoms. The summed E-state index contributed by atoms with van der Waals surface area (Å²) < 4.78 is 0. The Labute approximate surface area is 130 Å². The fourth-order valence-corrected chi connectivity index (χ4v) is 2.81. The number of aliphatic hydroxyl groups excluding tert-OH is 1. The lowest BCUT2D eigenvalue weighted by Gasteiger charge is -2.36. The Morgan fingerprint density at radius 3 is 1.41 bits per heavy atom. The lowest BCUT2D eigenvalue weighted by molar-refractivity contribution is 0.105. The van der Waals surface area contributed by atoms with E-state index in [0.717, 1.165) is 16.7 Å². The minimum atomic E-state index is -0.996. The van der Waals surface area contributed by atoms with E-state index in [0.29, 0.717) is 0 Å². The molecule has 110 valence electrons. The zero-order valence-electron chi connectivity index (χ0n) is 12.3. The van der Waals surface area contributed by atoms with Crippen molar-refractivity contribution in [2.24, 2.45) is 5.73 Å². The summed E-state index contributed by atoms with van der Waals surface area (Å²) in [5, 5.41) is 11.0. The second kappa shape index (κ2) is 6.14. The van der Waals surface area contributed by atoms with Gasteiger partial charge < -0.3 is 10.8 Å². The van der Waals surface area contributed by atoms with Gasteiger partial charge in [0.1, 0.15) is 6.10 Å². The zero-order valence-corrected chi connectivity index (χ0v) is 12.3. The van der Waals surface area contributed by atoms with Crippen molar-refractivity contribution < 1.29 is 5.11 Å². The van der Waals surface area contributed by atoms with Crippen molar-refractivity contribution in [3.63, 3.8) is 0 Å². The predicted molar refractivity (Wildman–Crippen MR) is 89.3 cm³/mol. The highest BCUT2D eigenvalue weighted by atomic mass is 16.3. The highest BCUT2D eigenvalue weighted by molar-refractivity contribution is 5.42. The molecule has 3 aromatic carbocycles.